The van der Waals surface area contributed by atoms with E-state index in [0.29, 0.717) is 6.42 Å². The predicted octanol–water partition coefficient (Wildman–Crippen LogP) is 3.23. The largest absolute Gasteiger partial charge is 0.231 e. The van der Waals surface area contributed by atoms with Crippen molar-refractivity contribution in [3.8, 4) is 0 Å². The van der Waals surface area contributed by atoms with Crippen molar-refractivity contribution in [2.45, 2.75) is 16.9 Å². The van der Waals surface area contributed by atoms with Gasteiger partial charge >= 0.3 is 0 Å². The number of hydrogen-bond acceptors (Lipinski definition) is 0. The van der Waals surface area contributed by atoms with Gasteiger partial charge in [-0.15, -0.1) is 0 Å². The van der Waals surface area contributed by atoms with Gasteiger partial charge in [0.05, 0.1) is 0 Å². The Morgan fingerprint density at radius 3 is 2.36 bits per heavy atom. The summed E-state index contributed by atoms with van der Waals surface area (Å²) in [4.78, 5) is 0. The summed E-state index contributed by atoms with van der Waals surface area (Å²) in [5.41, 5.74) is 1.09. The van der Waals surface area contributed by atoms with Crippen LogP contribution in [0.5, 0.6) is 0 Å². The molecule has 0 nitrogen and oxygen atoms in total. The first-order valence-electron chi connectivity index (χ1n) is 3.63. The van der Waals surface area contributed by atoms with Gasteiger partial charge in [-0.3, -0.25) is 0 Å². The van der Waals surface area contributed by atoms with E-state index in [4.69, 9.17) is 0 Å². The van der Waals surface area contributed by atoms with Gasteiger partial charge in [0.2, 0.25) is 0 Å². The molecule has 2 atom stereocenters. The smallest absolute Gasteiger partial charge is 0.172 e. The van der Waals surface area contributed by atoms with E-state index in [9.17, 15) is 4.39 Å². The van der Waals surface area contributed by atoms with Crippen molar-refractivity contribution in [3.63, 3.8) is 0 Å². The lowest BCUT2D eigenvalue weighted by Gasteiger charge is -1.97. The fourth-order valence-electron chi connectivity index (χ4n) is 1.26. The summed E-state index contributed by atoms with van der Waals surface area (Å²) in [5, 5.41) is 0. The minimum absolute atomic E-state index is 0.0729. The van der Waals surface area contributed by atoms with Crippen LogP contribution >= 0.6 is 15.9 Å². The molecule has 0 heterocycles. The van der Waals surface area contributed by atoms with E-state index in [1.807, 2.05) is 30.3 Å². The Bertz CT molecular complexity index is 256. The van der Waals surface area contributed by atoms with E-state index < -0.39 is 4.58 Å². The lowest BCUT2D eigenvalue weighted by atomic mass is 10.1. The molecular weight excluding hydrogens is 207 g/mol. The Kier molecular flexibility index (Phi) is 1.53. The summed E-state index contributed by atoms with van der Waals surface area (Å²) in [6.07, 6.45) is 0.608. The fourth-order valence-corrected chi connectivity index (χ4v) is 1.85. The third-order valence-corrected chi connectivity index (χ3v) is 2.90. The van der Waals surface area contributed by atoms with E-state index in [-0.39, 0.29) is 5.92 Å². The molecule has 1 aliphatic rings. The molecule has 0 aliphatic heterocycles. The Labute approximate surface area is 73.6 Å². The van der Waals surface area contributed by atoms with Gasteiger partial charge in [0.1, 0.15) is 0 Å². The maximum absolute atomic E-state index is 13.1. The summed E-state index contributed by atoms with van der Waals surface area (Å²) in [6, 6.07) is 9.76. The third kappa shape index (κ3) is 1.32. The van der Waals surface area contributed by atoms with Crippen LogP contribution in [0.15, 0.2) is 30.3 Å². The molecule has 0 radical (unpaired) electrons. The quantitative estimate of drug-likeness (QED) is 0.631. The minimum Gasteiger partial charge on any atom is -0.231 e. The molecule has 11 heavy (non-hydrogen) atoms. The van der Waals surface area contributed by atoms with Crippen LogP contribution in [-0.4, -0.2) is 4.58 Å². The van der Waals surface area contributed by atoms with Gasteiger partial charge in [0, 0.05) is 12.3 Å². The number of benzene rings is 1. The van der Waals surface area contributed by atoms with Crippen LogP contribution in [0.25, 0.3) is 0 Å². The van der Waals surface area contributed by atoms with E-state index in [2.05, 4.69) is 15.9 Å². The Morgan fingerprint density at radius 2 is 1.91 bits per heavy atom. The molecular formula is C9H8BrF. The molecule has 58 valence electrons. The minimum atomic E-state index is -1.12. The van der Waals surface area contributed by atoms with Gasteiger partial charge in [-0.2, -0.15) is 0 Å². The van der Waals surface area contributed by atoms with Gasteiger partial charge in [-0.05, 0) is 21.5 Å². The number of halogens is 2. The summed E-state index contributed by atoms with van der Waals surface area (Å²) in [6.45, 7) is 0. The first-order chi connectivity index (χ1) is 5.20. The summed E-state index contributed by atoms with van der Waals surface area (Å²) in [5.74, 6) is 0.0729. The predicted molar refractivity (Wildman–Crippen MR) is 46.6 cm³/mol. The van der Waals surface area contributed by atoms with E-state index in [1.165, 1.54) is 0 Å². The van der Waals surface area contributed by atoms with Gasteiger partial charge in [0.15, 0.2) is 4.58 Å². The van der Waals surface area contributed by atoms with Crippen LogP contribution in [0.3, 0.4) is 0 Å². The molecule has 1 fully saturated rings. The molecule has 0 aromatic heterocycles. The second kappa shape index (κ2) is 2.31. The standard InChI is InChI=1S/C9H8BrF/c10-9(11)6-8(9)7-4-2-1-3-5-7/h1-5,8H,6H2/t8-,9-/m1/s1. The Morgan fingerprint density at radius 1 is 1.36 bits per heavy atom. The molecule has 2 heteroatoms. The zero-order valence-corrected chi connectivity index (χ0v) is 7.51. The lowest BCUT2D eigenvalue weighted by Crippen LogP contribution is -1.89. The topological polar surface area (TPSA) is 0 Å². The van der Waals surface area contributed by atoms with Crippen LogP contribution < -0.4 is 0 Å². The molecule has 2 rings (SSSR count). The third-order valence-electron chi connectivity index (χ3n) is 2.03. The zero-order chi connectivity index (χ0) is 7.90. The highest BCUT2D eigenvalue weighted by atomic mass is 79.9. The van der Waals surface area contributed by atoms with Gasteiger partial charge in [0.25, 0.3) is 0 Å². The van der Waals surface area contributed by atoms with Gasteiger partial charge in [-0.25, -0.2) is 4.39 Å². The lowest BCUT2D eigenvalue weighted by molar-refractivity contribution is 0.436. The highest BCUT2D eigenvalue weighted by Gasteiger charge is 2.54. The fraction of sp³-hybridized carbons (Fsp3) is 0.333. The van der Waals surface area contributed by atoms with Gasteiger partial charge < -0.3 is 0 Å². The van der Waals surface area contributed by atoms with E-state index in [1.54, 1.807) is 0 Å². The normalized spacial score (nSPS) is 35.3. The van der Waals surface area contributed by atoms with Crippen LogP contribution in [0.2, 0.25) is 0 Å². The van der Waals surface area contributed by atoms with Gasteiger partial charge in [-0.1, -0.05) is 30.3 Å². The SMILES string of the molecule is F[C@]1(Br)C[C@@H]1c1ccccc1. The highest BCUT2D eigenvalue weighted by Crippen LogP contribution is 2.58. The molecule has 1 aromatic carbocycles. The summed E-state index contributed by atoms with van der Waals surface area (Å²) >= 11 is 3.02. The van der Waals surface area contributed by atoms with E-state index >= 15 is 0 Å². The van der Waals surface area contributed by atoms with Crippen molar-refractivity contribution in [2.24, 2.45) is 0 Å². The van der Waals surface area contributed by atoms with E-state index in [0.717, 1.165) is 5.56 Å². The molecule has 0 spiro atoms. The molecule has 0 unspecified atom stereocenters. The average Bonchev–Trinajstić information content (AvgIpc) is 2.62. The molecule has 0 saturated heterocycles. The Balaban J connectivity index is 2.21. The monoisotopic (exact) mass is 214 g/mol. The molecule has 1 saturated carbocycles. The van der Waals surface area contributed by atoms with Crippen LogP contribution in [-0.2, 0) is 0 Å². The summed E-state index contributed by atoms with van der Waals surface area (Å²) in [7, 11) is 0. The maximum atomic E-state index is 13.1. The number of alkyl halides is 2. The van der Waals surface area contributed by atoms with Crippen molar-refractivity contribution >= 4 is 15.9 Å². The van der Waals surface area contributed by atoms with Crippen molar-refractivity contribution in [3.05, 3.63) is 35.9 Å². The second-order valence-corrected chi connectivity index (χ2v) is 4.25. The van der Waals surface area contributed by atoms with Crippen LogP contribution in [0, 0.1) is 0 Å². The second-order valence-electron chi connectivity index (χ2n) is 2.93. The summed E-state index contributed by atoms with van der Waals surface area (Å²) < 4.78 is 11.9. The molecule has 0 amide bonds. The first-order valence-corrected chi connectivity index (χ1v) is 4.42. The molecule has 0 N–H and O–H groups in total. The van der Waals surface area contributed by atoms with Crippen molar-refractivity contribution in [1.29, 1.82) is 0 Å². The molecule has 0 bridgehead atoms. The highest BCUT2D eigenvalue weighted by molar-refractivity contribution is 9.10. The van der Waals surface area contributed by atoms with Crippen molar-refractivity contribution < 1.29 is 4.39 Å². The van der Waals surface area contributed by atoms with Crippen LogP contribution in [0.4, 0.5) is 4.39 Å². The first kappa shape index (κ1) is 7.29. The molecule has 1 aliphatic carbocycles. The Hall–Kier alpha value is -0.370. The average molecular weight is 215 g/mol. The number of hydrogen-bond donors (Lipinski definition) is 0. The molecule has 1 aromatic rings. The van der Waals surface area contributed by atoms with Crippen molar-refractivity contribution in [2.75, 3.05) is 0 Å². The zero-order valence-electron chi connectivity index (χ0n) is 5.93. The maximum Gasteiger partial charge on any atom is 0.172 e. The number of rotatable bonds is 1. The van der Waals surface area contributed by atoms with Crippen molar-refractivity contribution in [1.82, 2.24) is 0 Å². The van der Waals surface area contributed by atoms with Crippen LogP contribution in [0.1, 0.15) is 17.9 Å².